The first-order chi connectivity index (χ1) is 8.09. The fourth-order valence-electron chi connectivity index (χ4n) is 1.29. The minimum absolute atomic E-state index is 0.0982. The molecule has 96 valence electrons. The summed E-state index contributed by atoms with van der Waals surface area (Å²) in [6.07, 6.45) is 0.200. The predicted molar refractivity (Wildman–Crippen MR) is 59.1 cm³/mol. The average Bonchev–Trinajstić information content (AvgIpc) is 2.30. The maximum atomic E-state index is 11.5. The third-order valence-electron chi connectivity index (χ3n) is 2.24. The summed E-state index contributed by atoms with van der Waals surface area (Å²) in [6.45, 7) is 2.45. The second-order valence-corrected chi connectivity index (χ2v) is 3.72. The van der Waals surface area contributed by atoms with Crippen LogP contribution in [0.5, 0.6) is 0 Å². The molecule has 1 aliphatic heterocycles. The van der Waals surface area contributed by atoms with Crippen LogP contribution in [0.3, 0.4) is 0 Å². The second kappa shape index (κ2) is 6.85. The van der Waals surface area contributed by atoms with Crippen molar-refractivity contribution in [1.82, 2.24) is 16.0 Å². The van der Waals surface area contributed by atoms with Crippen LogP contribution >= 0.6 is 0 Å². The van der Waals surface area contributed by atoms with E-state index in [9.17, 15) is 14.4 Å². The van der Waals surface area contributed by atoms with Crippen LogP contribution in [0.2, 0.25) is 0 Å². The second-order valence-electron chi connectivity index (χ2n) is 3.72. The van der Waals surface area contributed by atoms with E-state index in [1.54, 1.807) is 6.92 Å². The fraction of sp³-hybridized carbons (Fsp3) is 0.700. The van der Waals surface area contributed by atoms with E-state index in [4.69, 9.17) is 4.74 Å². The van der Waals surface area contributed by atoms with Crippen molar-refractivity contribution < 1.29 is 19.1 Å². The van der Waals surface area contributed by atoms with Gasteiger partial charge in [0.25, 0.3) is 0 Å². The molecule has 1 aliphatic rings. The zero-order valence-corrected chi connectivity index (χ0v) is 9.75. The van der Waals surface area contributed by atoms with Crippen LogP contribution in [0.4, 0.5) is 0 Å². The summed E-state index contributed by atoms with van der Waals surface area (Å²) < 4.78 is 5.15. The Labute approximate surface area is 99.3 Å². The van der Waals surface area contributed by atoms with Crippen molar-refractivity contribution in [2.75, 3.05) is 26.3 Å². The molecular weight excluding hydrogens is 226 g/mol. The van der Waals surface area contributed by atoms with Crippen LogP contribution in [-0.2, 0) is 19.1 Å². The maximum Gasteiger partial charge on any atom is 0.242 e. The number of ether oxygens (including phenoxy) is 1. The Morgan fingerprint density at radius 2 is 1.88 bits per heavy atom. The van der Waals surface area contributed by atoms with Crippen molar-refractivity contribution in [2.45, 2.75) is 19.4 Å². The Morgan fingerprint density at radius 3 is 2.65 bits per heavy atom. The number of amides is 3. The predicted octanol–water partition coefficient (Wildman–Crippen LogP) is -1.86. The Hall–Kier alpha value is -1.63. The summed E-state index contributed by atoms with van der Waals surface area (Å²) in [7, 11) is 0. The molecule has 0 bridgehead atoms. The molecule has 0 aromatic rings. The van der Waals surface area contributed by atoms with Crippen LogP contribution in [0, 0.1) is 0 Å². The third-order valence-corrected chi connectivity index (χ3v) is 2.24. The molecule has 3 N–H and O–H groups in total. The van der Waals surface area contributed by atoms with E-state index >= 15 is 0 Å². The monoisotopic (exact) mass is 243 g/mol. The summed E-state index contributed by atoms with van der Waals surface area (Å²) in [5.41, 5.74) is 0. The quantitative estimate of drug-likeness (QED) is 0.465. The van der Waals surface area contributed by atoms with Gasteiger partial charge in [0.15, 0.2) is 0 Å². The third kappa shape index (κ3) is 5.30. The average molecular weight is 243 g/mol. The molecule has 0 unspecified atom stereocenters. The molecule has 3 amide bonds. The highest BCUT2D eigenvalue weighted by Gasteiger charge is 2.16. The largest absolute Gasteiger partial charge is 0.379 e. The summed E-state index contributed by atoms with van der Waals surface area (Å²) >= 11 is 0. The van der Waals surface area contributed by atoms with Gasteiger partial charge >= 0.3 is 0 Å². The van der Waals surface area contributed by atoms with E-state index < -0.39 is 6.04 Å². The summed E-state index contributed by atoms with van der Waals surface area (Å²) in [4.78, 5) is 34.1. The van der Waals surface area contributed by atoms with Gasteiger partial charge in [-0.15, -0.1) is 0 Å². The molecule has 1 atom stereocenters. The Kier molecular flexibility index (Phi) is 5.41. The topological polar surface area (TPSA) is 96.5 Å². The molecule has 7 nitrogen and oxygen atoms in total. The summed E-state index contributed by atoms with van der Waals surface area (Å²) in [5.74, 6) is -0.903. The van der Waals surface area contributed by atoms with E-state index in [1.165, 1.54) is 0 Å². The molecule has 0 radical (unpaired) electrons. The molecule has 0 aromatic carbocycles. The molecule has 1 heterocycles. The van der Waals surface area contributed by atoms with Gasteiger partial charge in [-0.3, -0.25) is 14.4 Å². The van der Waals surface area contributed by atoms with Crippen molar-refractivity contribution in [3.63, 3.8) is 0 Å². The minimum Gasteiger partial charge on any atom is -0.379 e. The van der Waals surface area contributed by atoms with Gasteiger partial charge in [-0.05, 0) is 6.92 Å². The van der Waals surface area contributed by atoms with Gasteiger partial charge in [0.05, 0.1) is 19.8 Å². The van der Waals surface area contributed by atoms with Gasteiger partial charge in [0.1, 0.15) is 6.04 Å². The van der Waals surface area contributed by atoms with Crippen LogP contribution in [0.25, 0.3) is 0 Å². The van der Waals surface area contributed by atoms with Crippen molar-refractivity contribution in [2.24, 2.45) is 0 Å². The minimum atomic E-state index is -0.656. The normalized spacial score (nSPS) is 24.5. The lowest BCUT2D eigenvalue weighted by Crippen LogP contribution is -2.47. The summed E-state index contributed by atoms with van der Waals surface area (Å²) in [6, 6.07) is -0.656. The van der Waals surface area contributed by atoms with Gasteiger partial charge in [-0.2, -0.15) is 0 Å². The van der Waals surface area contributed by atoms with Crippen molar-refractivity contribution >= 4 is 17.7 Å². The molecule has 1 rings (SSSR count). The molecule has 0 aromatic heterocycles. The molecule has 7 heteroatoms. The summed E-state index contributed by atoms with van der Waals surface area (Å²) in [5, 5.41) is 7.54. The molecule has 0 spiro atoms. The lowest BCUT2D eigenvalue weighted by molar-refractivity contribution is -0.130. The van der Waals surface area contributed by atoms with Crippen LogP contribution in [-0.4, -0.2) is 50.1 Å². The highest BCUT2D eigenvalue weighted by molar-refractivity contribution is 5.90. The molecule has 17 heavy (non-hydrogen) atoms. The van der Waals surface area contributed by atoms with Crippen LogP contribution in [0.1, 0.15) is 13.3 Å². The smallest absolute Gasteiger partial charge is 0.242 e. The number of hydrogen-bond acceptors (Lipinski definition) is 4. The van der Waals surface area contributed by atoms with Gasteiger partial charge in [-0.1, -0.05) is 0 Å². The van der Waals surface area contributed by atoms with E-state index in [-0.39, 0.29) is 37.3 Å². The molecular formula is C10H17N3O4. The van der Waals surface area contributed by atoms with Crippen LogP contribution < -0.4 is 16.0 Å². The van der Waals surface area contributed by atoms with Gasteiger partial charge in [0, 0.05) is 13.0 Å². The number of hydrogen-bond donors (Lipinski definition) is 3. The van der Waals surface area contributed by atoms with Crippen molar-refractivity contribution in [3.8, 4) is 0 Å². The maximum absolute atomic E-state index is 11.5. The fourth-order valence-corrected chi connectivity index (χ4v) is 1.29. The van der Waals surface area contributed by atoms with E-state index in [2.05, 4.69) is 16.0 Å². The standard InChI is InChI=1S/C10H17N3O4/c1-7-10(16)12-6-9(15)11-3-5-17-4-2-8(14)13-7/h7H,2-6H2,1H3,(H,11,15)(H,12,16)(H,13,14)/t7-/m0/s1. The van der Waals surface area contributed by atoms with Gasteiger partial charge in [-0.25, -0.2) is 0 Å². The van der Waals surface area contributed by atoms with Crippen molar-refractivity contribution in [3.05, 3.63) is 0 Å². The highest BCUT2D eigenvalue weighted by atomic mass is 16.5. The SMILES string of the molecule is C[C@@H]1NC(=O)CCOCCNC(=O)CNC1=O. The lowest BCUT2D eigenvalue weighted by Gasteiger charge is -2.13. The zero-order valence-electron chi connectivity index (χ0n) is 9.75. The van der Waals surface area contributed by atoms with E-state index in [1.807, 2.05) is 0 Å². The Balaban J connectivity index is 2.52. The molecule has 0 aliphatic carbocycles. The number of carbonyl (C=O) groups excluding carboxylic acids is 3. The van der Waals surface area contributed by atoms with Crippen molar-refractivity contribution in [1.29, 1.82) is 0 Å². The number of nitrogens with one attached hydrogen (secondary N) is 3. The highest BCUT2D eigenvalue weighted by Crippen LogP contribution is 1.88. The molecule has 0 saturated carbocycles. The first-order valence-electron chi connectivity index (χ1n) is 5.51. The number of carbonyl (C=O) groups is 3. The van der Waals surface area contributed by atoms with Crippen LogP contribution in [0.15, 0.2) is 0 Å². The first kappa shape index (κ1) is 13.4. The van der Waals surface area contributed by atoms with E-state index in [0.717, 1.165) is 0 Å². The molecule has 1 fully saturated rings. The van der Waals surface area contributed by atoms with Gasteiger partial charge < -0.3 is 20.7 Å². The van der Waals surface area contributed by atoms with Gasteiger partial charge in [0.2, 0.25) is 17.7 Å². The lowest BCUT2D eigenvalue weighted by atomic mass is 10.3. The first-order valence-corrected chi connectivity index (χ1v) is 5.51. The Morgan fingerprint density at radius 1 is 1.12 bits per heavy atom. The Bertz CT molecular complexity index is 306. The van der Waals surface area contributed by atoms with E-state index in [0.29, 0.717) is 13.2 Å². The zero-order chi connectivity index (χ0) is 12.7. The molecule has 1 saturated heterocycles. The number of rotatable bonds is 0.